The number of pyridine rings is 1. The van der Waals surface area contributed by atoms with Crippen LogP contribution in [0.1, 0.15) is 11.4 Å². The van der Waals surface area contributed by atoms with Gasteiger partial charge in [-0.15, -0.1) is 0 Å². The number of ether oxygens (including phenoxy) is 1. The molecule has 6 heteroatoms. The van der Waals surface area contributed by atoms with Gasteiger partial charge in [0, 0.05) is 5.56 Å². The number of nitrogens with zero attached hydrogens (tertiary/aromatic N) is 2. The highest BCUT2D eigenvalue weighted by molar-refractivity contribution is 5.75. The van der Waals surface area contributed by atoms with Crippen LogP contribution < -0.4 is 5.32 Å². The first-order valence-electron chi connectivity index (χ1n) is 8.63. The molecule has 27 heavy (non-hydrogen) atoms. The topological polar surface area (TPSA) is 79.9 Å². The van der Waals surface area contributed by atoms with Gasteiger partial charge in [-0.25, -0.2) is 14.8 Å². The van der Waals surface area contributed by atoms with Crippen molar-refractivity contribution in [2.24, 2.45) is 0 Å². The van der Waals surface area contributed by atoms with Crippen LogP contribution in [0.2, 0.25) is 0 Å². The molecule has 0 spiro atoms. The number of carbonyl (C=O) groups excluding carboxylic acids is 1. The van der Waals surface area contributed by atoms with Gasteiger partial charge in [-0.2, -0.15) is 0 Å². The van der Waals surface area contributed by atoms with Crippen LogP contribution in [-0.4, -0.2) is 21.0 Å². The Morgan fingerprint density at radius 1 is 0.926 bits per heavy atom. The number of fused-ring (bicyclic) bond motifs is 1. The van der Waals surface area contributed by atoms with Gasteiger partial charge < -0.3 is 15.0 Å². The van der Waals surface area contributed by atoms with Gasteiger partial charge in [0.1, 0.15) is 12.4 Å². The molecule has 0 bridgehead atoms. The third kappa shape index (κ3) is 4.12. The van der Waals surface area contributed by atoms with E-state index in [0.29, 0.717) is 11.5 Å². The van der Waals surface area contributed by atoms with E-state index in [-0.39, 0.29) is 13.2 Å². The number of imidazole rings is 1. The van der Waals surface area contributed by atoms with Crippen LogP contribution in [0.3, 0.4) is 0 Å². The molecule has 0 saturated heterocycles. The number of hydrogen-bond acceptors (Lipinski definition) is 4. The highest BCUT2D eigenvalue weighted by atomic mass is 16.5. The highest BCUT2D eigenvalue weighted by Crippen LogP contribution is 2.19. The Morgan fingerprint density at radius 3 is 2.44 bits per heavy atom. The summed E-state index contributed by atoms with van der Waals surface area (Å²) < 4.78 is 5.19. The van der Waals surface area contributed by atoms with Crippen LogP contribution in [-0.2, 0) is 17.9 Å². The minimum atomic E-state index is -0.489. The largest absolute Gasteiger partial charge is 0.445 e. The molecule has 4 aromatic rings. The van der Waals surface area contributed by atoms with E-state index >= 15 is 0 Å². The van der Waals surface area contributed by atoms with E-state index in [1.165, 1.54) is 0 Å². The molecule has 134 valence electrons. The maximum absolute atomic E-state index is 11.9. The first kappa shape index (κ1) is 16.8. The molecule has 2 heterocycles. The van der Waals surface area contributed by atoms with Crippen LogP contribution in [0.4, 0.5) is 4.79 Å². The van der Waals surface area contributed by atoms with Crippen LogP contribution >= 0.6 is 0 Å². The zero-order valence-electron chi connectivity index (χ0n) is 14.6. The van der Waals surface area contributed by atoms with Gasteiger partial charge in [-0.1, -0.05) is 60.7 Å². The van der Waals surface area contributed by atoms with Crippen molar-refractivity contribution in [2.45, 2.75) is 13.2 Å². The van der Waals surface area contributed by atoms with Crippen molar-refractivity contribution in [1.29, 1.82) is 0 Å². The first-order valence-corrected chi connectivity index (χ1v) is 8.63. The molecule has 0 saturated carbocycles. The number of aromatic amines is 1. The van der Waals surface area contributed by atoms with E-state index in [1.807, 2.05) is 72.8 Å². The van der Waals surface area contributed by atoms with Gasteiger partial charge in [-0.3, -0.25) is 0 Å². The van der Waals surface area contributed by atoms with Crippen LogP contribution in [0.25, 0.3) is 22.4 Å². The van der Waals surface area contributed by atoms with Crippen LogP contribution in [0.15, 0.2) is 72.8 Å². The average molecular weight is 358 g/mol. The molecule has 2 aromatic carbocycles. The quantitative estimate of drug-likeness (QED) is 0.564. The molecule has 1 amide bonds. The fourth-order valence-electron chi connectivity index (χ4n) is 2.73. The van der Waals surface area contributed by atoms with Crippen molar-refractivity contribution in [3.05, 3.63) is 84.2 Å². The molecule has 0 aliphatic rings. The molecule has 0 aliphatic heterocycles. The number of nitrogens with one attached hydrogen (secondary N) is 2. The summed E-state index contributed by atoms with van der Waals surface area (Å²) in [5, 5.41) is 2.69. The van der Waals surface area contributed by atoms with Crippen molar-refractivity contribution in [3.63, 3.8) is 0 Å². The Kier molecular flexibility index (Phi) is 4.78. The number of H-pyrrole nitrogens is 1. The maximum Gasteiger partial charge on any atom is 0.407 e. The fourth-order valence-corrected chi connectivity index (χ4v) is 2.73. The third-order valence-corrected chi connectivity index (χ3v) is 4.08. The van der Waals surface area contributed by atoms with Gasteiger partial charge in [0.2, 0.25) is 0 Å². The summed E-state index contributed by atoms with van der Waals surface area (Å²) in [4.78, 5) is 24.0. The van der Waals surface area contributed by atoms with Crippen molar-refractivity contribution < 1.29 is 9.53 Å². The Morgan fingerprint density at radius 2 is 1.67 bits per heavy atom. The lowest BCUT2D eigenvalue weighted by Crippen LogP contribution is -2.24. The van der Waals surface area contributed by atoms with E-state index in [2.05, 4.69) is 20.3 Å². The zero-order valence-corrected chi connectivity index (χ0v) is 14.6. The second-order valence-corrected chi connectivity index (χ2v) is 6.03. The summed E-state index contributed by atoms with van der Waals surface area (Å²) in [6.45, 7) is 0.472. The number of benzene rings is 2. The number of rotatable bonds is 5. The van der Waals surface area contributed by atoms with Crippen molar-refractivity contribution in [1.82, 2.24) is 20.3 Å². The van der Waals surface area contributed by atoms with Gasteiger partial charge in [-0.05, 0) is 17.7 Å². The molecule has 6 nitrogen and oxygen atoms in total. The Bertz CT molecular complexity index is 1050. The first-order chi connectivity index (χ1) is 13.3. The van der Waals surface area contributed by atoms with E-state index in [0.717, 1.165) is 22.3 Å². The zero-order chi connectivity index (χ0) is 18.5. The number of aromatic nitrogens is 3. The van der Waals surface area contributed by atoms with Crippen molar-refractivity contribution >= 4 is 17.3 Å². The molecule has 0 aliphatic carbocycles. The highest BCUT2D eigenvalue weighted by Gasteiger charge is 2.08. The number of alkyl carbamates (subject to hydrolysis) is 1. The second kappa shape index (κ2) is 7.70. The van der Waals surface area contributed by atoms with E-state index < -0.39 is 6.09 Å². The molecule has 4 rings (SSSR count). The Labute approximate surface area is 156 Å². The summed E-state index contributed by atoms with van der Waals surface area (Å²) in [5.74, 6) is 0.624. The molecule has 2 N–H and O–H groups in total. The summed E-state index contributed by atoms with van der Waals surface area (Å²) >= 11 is 0. The lowest BCUT2D eigenvalue weighted by molar-refractivity contribution is 0.139. The lowest BCUT2D eigenvalue weighted by Gasteiger charge is -2.05. The number of hydrogen-bond donors (Lipinski definition) is 2. The number of carbonyl (C=O) groups is 1. The predicted molar refractivity (Wildman–Crippen MR) is 103 cm³/mol. The Balaban J connectivity index is 1.38. The third-order valence-electron chi connectivity index (χ3n) is 4.08. The van der Waals surface area contributed by atoms with Gasteiger partial charge in [0.15, 0.2) is 5.65 Å². The number of amides is 1. The molecule has 0 fully saturated rings. The molecule has 2 aromatic heterocycles. The minimum absolute atomic E-state index is 0.231. The molecular weight excluding hydrogens is 340 g/mol. The van der Waals surface area contributed by atoms with Gasteiger partial charge >= 0.3 is 6.09 Å². The minimum Gasteiger partial charge on any atom is -0.445 e. The maximum atomic E-state index is 11.9. The summed E-state index contributed by atoms with van der Waals surface area (Å²) in [6.07, 6.45) is -0.489. The fraction of sp³-hybridized carbons (Fsp3) is 0.0952. The summed E-state index contributed by atoms with van der Waals surface area (Å²) in [5.41, 5.74) is 4.27. The normalized spacial score (nSPS) is 10.7. The lowest BCUT2D eigenvalue weighted by atomic mass is 10.1. The standard InChI is InChI=1S/C21H18N4O2/c26-21(27-14-15-7-3-1-4-8-15)22-13-19-23-18-12-11-17(24-20(18)25-19)16-9-5-2-6-10-16/h1-12H,13-14H2,(H,22,26)(H,23,24,25). The SMILES string of the molecule is O=C(NCc1nc2nc(-c3ccccc3)ccc2[nH]1)OCc1ccccc1. The smallest absolute Gasteiger partial charge is 0.407 e. The molecular formula is C21H18N4O2. The molecule has 0 radical (unpaired) electrons. The van der Waals surface area contributed by atoms with Crippen molar-refractivity contribution in [3.8, 4) is 11.3 Å². The van der Waals surface area contributed by atoms with Gasteiger partial charge in [0.05, 0.1) is 17.8 Å². The predicted octanol–water partition coefficient (Wildman–Crippen LogP) is 4.05. The summed E-state index contributed by atoms with van der Waals surface area (Å²) in [7, 11) is 0. The van der Waals surface area contributed by atoms with Gasteiger partial charge in [0.25, 0.3) is 0 Å². The van der Waals surface area contributed by atoms with Crippen LogP contribution in [0, 0.1) is 0 Å². The monoisotopic (exact) mass is 358 g/mol. The summed E-state index contributed by atoms with van der Waals surface area (Å²) in [6, 6.07) is 23.4. The van der Waals surface area contributed by atoms with E-state index in [4.69, 9.17) is 4.74 Å². The van der Waals surface area contributed by atoms with Crippen molar-refractivity contribution in [2.75, 3.05) is 0 Å². The van der Waals surface area contributed by atoms with E-state index in [9.17, 15) is 4.79 Å². The van der Waals surface area contributed by atoms with Crippen LogP contribution in [0.5, 0.6) is 0 Å². The van der Waals surface area contributed by atoms with E-state index in [1.54, 1.807) is 0 Å². The average Bonchev–Trinajstić information content (AvgIpc) is 3.14. The molecule has 0 atom stereocenters. The second-order valence-electron chi connectivity index (χ2n) is 6.03. The molecule has 0 unspecified atom stereocenters. The Hall–Kier alpha value is -3.67.